The highest BCUT2D eigenvalue weighted by molar-refractivity contribution is 5.92. The predicted octanol–water partition coefficient (Wildman–Crippen LogP) is 3.16. The third-order valence-electron chi connectivity index (χ3n) is 4.20. The molecule has 1 fully saturated rings. The molecule has 0 saturated carbocycles. The summed E-state index contributed by atoms with van der Waals surface area (Å²) in [5.41, 5.74) is 2.39. The monoisotopic (exact) mass is 325 g/mol. The summed E-state index contributed by atoms with van der Waals surface area (Å²) in [6.45, 7) is 3.59. The molecular weight excluding hydrogens is 302 g/mol. The second-order valence-corrected chi connectivity index (χ2v) is 6.05. The predicted molar refractivity (Wildman–Crippen MR) is 94.0 cm³/mol. The van der Waals surface area contributed by atoms with E-state index in [0.29, 0.717) is 5.69 Å². The van der Waals surface area contributed by atoms with Gasteiger partial charge in [0.2, 0.25) is 0 Å². The summed E-state index contributed by atoms with van der Waals surface area (Å²) in [5.74, 6) is -0.169. The van der Waals surface area contributed by atoms with Gasteiger partial charge >= 0.3 is 0 Å². The summed E-state index contributed by atoms with van der Waals surface area (Å²) < 4.78 is 5.58. The second kappa shape index (κ2) is 7.93. The highest BCUT2D eigenvalue weighted by Crippen LogP contribution is 2.15. The van der Waals surface area contributed by atoms with Crippen LogP contribution in [-0.2, 0) is 4.74 Å². The highest BCUT2D eigenvalue weighted by atomic mass is 16.5. The Bertz CT molecular complexity index is 652. The summed E-state index contributed by atoms with van der Waals surface area (Å²) in [6.07, 6.45) is 4.19. The van der Waals surface area contributed by atoms with Crippen molar-refractivity contribution in [1.82, 2.24) is 10.3 Å². The third-order valence-corrected chi connectivity index (χ3v) is 4.20. The van der Waals surface area contributed by atoms with E-state index in [4.69, 9.17) is 4.74 Å². The average Bonchev–Trinajstić information content (AvgIpc) is 3.14. The van der Waals surface area contributed by atoms with Gasteiger partial charge < -0.3 is 15.4 Å². The normalized spacial score (nSPS) is 18.1. The maximum absolute atomic E-state index is 12.3. The first-order chi connectivity index (χ1) is 11.7. The Balaban J connectivity index is 1.53. The first-order valence-electron chi connectivity index (χ1n) is 8.40. The standard InChI is InChI=1S/C19H23N3O2/c1-14(15-6-3-2-4-7-15)22-19(23)18-10-9-16(12-21-18)20-13-17-8-5-11-24-17/h2-4,6-7,9-10,12,14,17,20H,5,8,11,13H2,1H3,(H,22,23). The summed E-state index contributed by atoms with van der Waals surface area (Å²) in [7, 11) is 0. The number of pyridine rings is 1. The minimum atomic E-state index is -0.169. The van der Waals surface area contributed by atoms with Gasteiger partial charge in [0.1, 0.15) is 5.69 Å². The van der Waals surface area contributed by atoms with Crippen LogP contribution in [0, 0.1) is 0 Å². The van der Waals surface area contributed by atoms with Crippen LogP contribution in [0.5, 0.6) is 0 Å². The van der Waals surface area contributed by atoms with Crippen LogP contribution in [-0.4, -0.2) is 30.1 Å². The van der Waals surface area contributed by atoms with E-state index in [9.17, 15) is 4.79 Å². The lowest BCUT2D eigenvalue weighted by atomic mass is 10.1. The molecule has 2 unspecified atom stereocenters. The van der Waals surface area contributed by atoms with Gasteiger partial charge in [-0.2, -0.15) is 0 Å². The van der Waals surface area contributed by atoms with E-state index in [0.717, 1.165) is 37.2 Å². The Labute approximate surface area is 142 Å². The summed E-state index contributed by atoms with van der Waals surface area (Å²) >= 11 is 0. The maximum atomic E-state index is 12.3. The molecule has 3 rings (SSSR count). The molecule has 2 atom stereocenters. The molecule has 0 radical (unpaired) electrons. The van der Waals surface area contributed by atoms with Crippen molar-refractivity contribution in [2.75, 3.05) is 18.5 Å². The van der Waals surface area contributed by atoms with Crippen molar-refractivity contribution in [1.29, 1.82) is 0 Å². The summed E-state index contributed by atoms with van der Waals surface area (Å²) in [4.78, 5) is 16.5. The first-order valence-corrected chi connectivity index (χ1v) is 8.40. The molecule has 5 nitrogen and oxygen atoms in total. The van der Waals surface area contributed by atoms with E-state index < -0.39 is 0 Å². The van der Waals surface area contributed by atoms with Gasteiger partial charge in [-0.1, -0.05) is 30.3 Å². The number of rotatable bonds is 6. The topological polar surface area (TPSA) is 63.2 Å². The third kappa shape index (κ3) is 4.32. The Kier molecular flexibility index (Phi) is 5.43. The molecule has 1 aromatic carbocycles. The Morgan fingerprint density at radius 1 is 1.29 bits per heavy atom. The van der Waals surface area contributed by atoms with E-state index in [1.165, 1.54) is 0 Å². The molecule has 1 aliphatic heterocycles. The van der Waals surface area contributed by atoms with Gasteiger partial charge in [-0.25, -0.2) is 4.98 Å². The fourth-order valence-corrected chi connectivity index (χ4v) is 2.77. The Hall–Kier alpha value is -2.40. The molecule has 1 aliphatic rings. The number of amides is 1. The van der Waals surface area contributed by atoms with E-state index in [-0.39, 0.29) is 18.1 Å². The largest absolute Gasteiger partial charge is 0.381 e. The number of nitrogens with one attached hydrogen (secondary N) is 2. The van der Waals surface area contributed by atoms with Crippen LogP contribution in [0.3, 0.4) is 0 Å². The zero-order valence-corrected chi connectivity index (χ0v) is 13.9. The molecule has 2 N–H and O–H groups in total. The number of carbonyl (C=O) groups excluding carboxylic acids is 1. The second-order valence-electron chi connectivity index (χ2n) is 6.05. The molecular formula is C19H23N3O2. The van der Waals surface area contributed by atoms with Gasteiger partial charge in [0.05, 0.1) is 24.0 Å². The van der Waals surface area contributed by atoms with Crippen LogP contribution in [0.25, 0.3) is 0 Å². The number of nitrogens with zero attached hydrogens (tertiary/aromatic N) is 1. The number of hydrogen-bond donors (Lipinski definition) is 2. The quantitative estimate of drug-likeness (QED) is 0.856. The fraction of sp³-hybridized carbons (Fsp3) is 0.368. The van der Waals surface area contributed by atoms with E-state index >= 15 is 0 Å². The molecule has 1 amide bonds. The lowest BCUT2D eigenvalue weighted by molar-refractivity contribution is 0.0935. The molecule has 5 heteroatoms. The number of anilines is 1. The van der Waals surface area contributed by atoms with Crippen molar-refractivity contribution < 1.29 is 9.53 Å². The Morgan fingerprint density at radius 2 is 2.12 bits per heavy atom. The molecule has 2 heterocycles. The molecule has 0 bridgehead atoms. The van der Waals surface area contributed by atoms with Gasteiger partial charge in [0.15, 0.2) is 0 Å². The number of ether oxygens (including phenoxy) is 1. The Morgan fingerprint density at radius 3 is 2.79 bits per heavy atom. The van der Waals surface area contributed by atoms with Crippen molar-refractivity contribution in [3.63, 3.8) is 0 Å². The van der Waals surface area contributed by atoms with Crippen LogP contribution in [0.4, 0.5) is 5.69 Å². The lowest BCUT2D eigenvalue weighted by Gasteiger charge is -2.14. The first kappa shape index (κ1) is 16.5. The molecule has 2 aromatic rings. The van der Waals surface area contributed by atoms with E-state index in [1.807, 2.05) is 43.3 Å². The van der Waals surface area contributed by atoms with Crippen LogP contribution < -0.4 is 10.6 Å². The minimum Gasteiger partial charge on any atom is -0.381 e. The molecule has 1 saturated heterocycles. The number of benzene rings is 1. The van der Waals surface area contributed by atoms with Crippen LogP contribution >= 0.6 is 0 Å². The molecule has 24 heavy (non-hydrogen) atoms. The fourth-order valence-electron chi connectivity index (χ4n) is 2.77. The summed E-state index contributed by atoms with van der Waals surface area (Å²) in [5, 5.41) is 6.27. The smallest absolute Gasteiger partial charge is 0.270 e. The SMILES string of the molecule is CC(NC(=O)c1ccc(NCC2CCCO2)cn1)c1ccccc1. The zero-order valence-electron chi connectivity index (χ0n) is 13.9. The lowest BCUT2D eigenvalue weighted by Crippen LogP contribution is -2.27. The van der Waals surface area contributed by atoms with Crippen molar-refractivity contribution in [2.45, 2.75) is 31.9 Å². The summed E-state index contributed by atoms with van der Waals surface area (Å²) in [6, 6.07) is 13.4. The molecule has 0 spiro atoms. The molecule has 126 valence electrons. The van der Waals surface area contributed by atoms with Crippen LogP contribution in [0.15, 0.2) is 48.7 Å². The van der Waals surface area contributed by atoms with Crippen LogP contribution in [0.1, 0.15) is 41.9 Å². The van der Waals surface area contributed by atoms with Crippen molar-refractivity contribution >= 4 is 11.6 Å². The van der Waals surface area contributed by atoms with Crippen LogP contribution in [0.2, 0.25) is 0 Å². The van der Waals surface area contributed by atoms with Gasteiger partial charge in [0.25, 0.3) is 5.91 Å². The van der Waals surface area contributed by atoms with Crippen molar-refractivity contribution in [3.8, 4) is 0 Å². The van der Waals surface area contributed by atoms with Gasteiger partial charge in [0, 0.05) is 13.2 Å². The van der Waals surface area contributed by atoms with Gasteiger partial charge in [-0.3, -0.25) is 4.79 Å². The molecule has 0 aliphatic carbocycles. The number of carbonyl (C=O) groups is 1. The average molecular weight is 325 g/mol. The molecule has 1 aromatic heterocycles. The van der Waals surface area contributed by atoms with E-state index in [1.54, 1.807) is 12.3 Å². The number of aromatic nitrogens is 1. The van der Waals surface area contributed by atoms with Crippen molar-refractivity contribution in [2.24, 2.45) is 0 Å². The zero-order chi connectivity index (χ0) is 16.8. The highest BCUT2D eigenvalue weighted by Gasteiger charge is 2.15. The minimum absolute atomic E-state index is 0.0576. The maximum Gasteiger partial charge on any atom is 0.270 e. The van der Waals surface area contributed by atoms with Gasteiger partial charge in [-0.05, 0) is 37.5 Å². The number of hydrogen-bond acceptors (Lipinski definition) is 4. The van der Waals surface area contributed by atoms with E-state index in [2.05, 4.69) is 15.6 Å². The van der Waals surface area contributed by atoms with Gasteiger partial charge in [-0.15, -0.1) is 0 Å². The van der Waals surface area contributed by atoms with Crippen molar-refractivity contribution in [3.05, 3.63) is 59.9 Å².